The summed E-state index contributed by atoms with van der Waals surface area (Å²) >= 11 is 0. The highest BCUT2D eigenvalue weighted by atomic mass is 32.2. The average molecular weight is 242 g/mol. The number of rotatable bonds is 3. The van der Waals surface area contributed by atoms with Crippen molar-refractivity contribution in [3.63, 3.8) is 0 Å². The highest BCUT2D eigenvalue weighted by Gasteiger charge is 2.24. The number of halogens is 1. The second-order valence-electron chi connectivity index (χ2n) is 4.39. The third-order valence-corrected chi connectivity index (χ3v) is 4.97. The summed E-state index contributed by atoms with van der Waals surface area (Å²) in [6.45, 7) is 0. The largest absolute Gasteiger partial charge is 0.224 e. The number of hydrogen-bond acceptors (Lipinski definition) is 2. The highest BCUT2D eigenvalue weighted by Crippen LogP contribution is 2.28. The molecule has 0 aromatic heterocycles. The van der Waals surface area contributed by atoms with Crippen LogP contribution in [0, 0.1) is 11.7 Å². The monoisotopic (exact) mass is 242 g/mol. The van der Waals surface area contributed by atoms with Gasteiger partial charge in [0.25, 0.3) is 0 Å². The SMILES string of the molecule is O=S(=O)(CC1CCCC1)c1cccc(F)c1. The highest BCUT2D eigenvalue weighted by molar-refractivity contribution is 7.91. The first kappa shape index (κ1) is 11.6. The van der Waals surface area contributed by atoms with Crippen LogP contribution >= 0.6 is 0 Å². The van der Waals surface area contributed by atoms with Gasteiger partial charge in [-0.05, 0) is 37.0 Å². The van der Waals surface area contributed by atoms with E-state index in [2.05, 4.69) is 0 Å². The fraction of sp³-hybridized carbons (Fsp3) is 0.500. The van der Waals surface area contributed by atoms with E-state index in [0.717, 1.165) is 31.7 Å². The molecule has 0 amide bonds. The van der Waals surface area contributed by atoms with Crippen LogP contribution in [0.1, 0.15) is 25.7 Å². The Balaban J connectivity index is 2.18. The first-order valence-electron chi connectivity index (χ1n) is 5.56. The number of benzene rings is 1. The van der Waals surface area contributed by atoms with Gasteiger partial charge in [-0.3, -0.25) is 0 Å². The molecule has 1 aromatic carbocycles. The molecule has 1 aromatic rings. The van der Waals surface area contributed by atoms with E-state index in [1.54, 1.807) is 0 Å². The molecule has 1 aliphatic carbocycles. The lowest BCUT2D eigenvalue weighted by Gasteiger charge is -2.09. The van der Waals surface area contributed by atoms with E-state index in [0.29, 0.717) is 0 Å². The minimum Gasteiger partial charge on any atom is -0.224 e. The molecule has 0 radical (unpaired) electrons. The van der Waals surface area contributed by atoms with E-state index in [1.807, 2.05) is 0 Å². The fourth-order valence-electron chi connectivity index (χ4n) is 2.24. The van der Waals surface area contributed by atoms with E-state index in [9.17, 15) is 12.8 Å². The molecule has 16 heavy (non-hydrogen) atoms. The molecule has 0 bridgehead atoms. The molecule has 0 heterocycles. The van der Waals surface area contributed by atoms with Crippen molar-refractivity contribution in [2.24, 2.45) is 5.92 Å². The van der Waals surface area contributed by atoms with Crippen LogP contribution in [0.3, 0.4) is 0 Å². The summed E-state index contributed by atoms with van der Waals surface area (Å²) in [6, 6.07) is 5.27. The van der Waals surface area contributed by atoms with E-state index in [4.69, 9.17) is 0 Å². The molecule has 1 aliphatic rings. The zero-order valence-corrected chi connectivity index (χ0v) is 9.84. The summed E-state index contributed by atoms with van der Waals surface area (Å²) in [5.41, 5.74) is 0. The van der Waals surface area contributed by atoms with E-state index >= 15 is 0 Å². The molecule has 1 fully saturated rings. The smallest absolute Gasteiger partial charge is 0.178 e. The Kier molecular flexibility index (Phi) is 3.28. The molecule has 88 valence electrons. The molecular weight excluding hydrogens is 227 g/mol. The molecule has 2 rings (SSSR count). The first-order valence-corrected chi connectivity index (χ1v) is 7.21. The van der Waals surface area contributed by atoms with E-state index in [1.165, 1.54) is 18.2 Å². The van der Waals surface area contributed by atoms with Gasteiger partial charge < -0.3 is 0 Å². The normalized spacial score (nSPS) is 17.8. The second kappa shape index (κ2) is 4.53. The van der Waals surface area contributed by atoms with E-state index in [-0.39, 0.29) is 16.6 Å². The van der Waals surface area contributed by atoms with Gasteiger partial charge in [0, 0.05) is 0 Å². The topological polar surface area (TPSA) is 34.1 Å². The molecule has 0 aliphatic heterocycles. The van der Waals surface area contributed by atoms with Gasteiger partial charge in [0.2, 0.25) is 0 Å². The van der Waals surface area contributed by atoms with Gasteiger partial charge in [-0.1, -0.05) is 18.9 Å². The van der Waals surface area contributed by atoms with Crippen LogP contribution in [0.2, 0.25) is 0 Å². The third kappa shape index (κ3) is 2.61. The van der Waals surface area contributed by atoms with Crippen LogP contribution in [-0.4, -0.2) is 14.2 Å². The van der Waals surface area contributed by atoms with Crippen molar-refractivity contribution in [1.82, 2.24) is 0 Å². The average Bonchev–Trinajstić information content (AvgIpc) is 2.70. The van der Waals surface area contributed by atoms with Crippen molar-refractivity contribution in [2.75, 3.05) is 5.75 Å². The van der Waals surface area contributed by atoms with Crippen LogP contribution in [0.25, 0.3) is 0 Å². The van der Waals surface area contributed by atoms with Crippen molar-refractivity contribution in [3.8, 4) is 0 Å². The Bertz CT molecular complexity index is 462. The van der Waals surface area contributed by atoms with Gasteiger partial charge in [0.05, 0.1) is 10.6 Å². The van der Waals surface area contributed by atoms with Gasteiger partial charge in [-0.15, -0.1) is 0 Å². The van der Waals surface area contributed by atoms with Crippen LogP contribution in [0.15, 0.2) is 29.2 Å². The molecule has 4 heteroatoms. The van der Waals surface area contributed by atoms with Crippen molar-refractivity contribution in [3.05, 3.63) is 30.1 Å². The quantitative estimate of drug-likeness (QED) is 0.816. The number of sulfone groups is 1. The lowest BCUT2D eigenvalue weighted by Crippen LogP contribution is -2.14. The van der Waals surface area contributed by atoms with E-state index < -0.39 is 15.7 Å². The molecule has 0 N–H and O–H groups in total. The molecule has 0 unspecified atom stereocenters. The zero-order chi connectivity index (χ0) is 11.6. The Morgan fingerprint density at radius 3 is 2.56 bits per heavy atom. The van der Waals surface area contributed by atoms with Gasteiger partial charge in [-0.25, -0.2) is 12.8 Å². The zero-order valence-electron chi connectivity index (χ0n) is 9.02. The molecule has 0 spiro atoms. The minimum atomic E-state index is -3.31. The standard InChI is InChI=1S/C12H15FO2S/c13-11-6-3-7-12(8-11)16(14,15)9-10-4-1-2-5-10/h3,6-8,10H,1-2,4-5,9H2. The fourth-order valence-corrected chi connectivity index (χ4v) is 3.97. The summed E-state index contributed by atoms with van der Waals surface area (Å²) in [5.74, 6) is -0.0723. The Hall–Kier alpha value is -0.900. The lowest BCUT2D eigenvalue weighted by molar-refractivity contribution is 0.557. The predicted molar refractivity (Wildman–Crippen MR) is 60.4 cm³/mol. The first-order chi connectivity index (χ1) is 7.58. The summed E-state index contributed by atoms with van der Waals surface area (Å²) in [6.07, 6.45) is 4.19. The third-order valence-electron chi connectivity index (χ3n) is 3.09. The molecule has 1 saturated carbocycles. The van der Waals surface area contributed by atoms with Crippen LogP contribution in [-0.2, 0) is 9.84 Å². The Morgan fingerprint density at radius 2 is 1.94 bits per heavy atom. The minimum absolute atomic E-state index is 0.111. The Labute approximate surface area is 95.4 Å². The summed E-state index contributed by atoms with van der Waals surface area (Å²) in [5, 5.41) is 0. The maximum atomic E-state index is 12.9. The van der Waals surface area contributed by atoms with Crippen molar-refractivity contribution in [1.29, 1.82) is 0 Å². The number of hydrogen-bond donors (Lipinski definition) is 0. The molecule has 0 saturated heterocycles. The summed E-state index contributed by atoms with van der Waals surface area (Å²) in [7, 11) is -3.31. The van der Waals surface area contributed by atoms with Crippen LogP contribution in [0.4, 0.5) is 4.39 Å². The predicted octanol–water partition coefficient (Wildman–Crippen LogP) is 2.79. The van der Waals surface area contributed by atoms with Gasteiger partial charge >= 0.3 is 0 Å². The Morgan fingerprint density at radius 1 is 1.25 bits per heavy atom. The second-order valence-corrected chi connectivity index (χ2v) is 6.42. The van der Waals surface area contributed by atoms with Gasteiger partial charge in [0.15, 0.2) is 9.84 Å². The molecule has 2 nitrogen and oxygen atoms in total. The summed E-state index contributed by atoms with van der Waals surface area (Å²) < 4.78 is 36.9. The maximum Gasteiger partial charge on any atom is 0.178 e. The van der Waals surface area contributed by atoms with Gasteiger partial charge in [-0.2, -0.15) is 0 Å². The van der Waals surface area contributed by atoms with Gasteiger partial charge in [0.1, 0.15) is 5.82 Å². The van der Waals surface area contributed by atoms with Crippen molar-refractivity contribution in [2.45, 2.75) is 30.6 Å². The summed E-state index contributed by atoms with van der Waals surface area (Å²) in [4.78, 5) is 0.111. The maximum absolute atomic E-state index is 12.9. The van der Waals surface area contributed by atoms with Crippen molar-refractivity contribution >= 4 is 9.84 Å². The lowest BCUT2D eigenvalue weighted by atomic mass is 10.1. The van der Waals surface area contributed by atoms with Crippen LogP contribution in [0.5, 0.6) is 0 Å². The van der Waals surface area contributed by atoms with Crippen molar-refractivity contribution < 1.29 is 12.8 Å². The molecule has 0 atom stereocenters. The van der Waals surface area contributed by atoms with Crippen LogP contribution < -0.4 is 0 Å². The molecular formula is C12H15FO2S.